The molecule has 8 heteroatoms. The van der Waals surface area contributed by atoms with E-state index in [2.05, 4.69) is 0 Å². The van der Waals surface area contributed by atoms with E-state index < -0.39 is 18.3 Å². The molecule has 0 aliphatic carbocycles. The summed E-state index contributed by atoms with van der Waals surface area (Å²) >= 11 is 6.35. The Bertz CT molecular complexity index is 653. The van der Waals surface area contributed by atoms with Crippen LogP contribution in [0.5, 0.6) is 0 Å². The Morgan fingerprint density at radius 3 is 2.40 bits per heavy atom. The van der Waals surface area contributed by atoms with Gasteiger partial charge in [-0.1, -0.05) is 11.6 Å². The Morgan fingerprint density at radius 1 is 1.28 bits per heavy atom. The van der Waals surface area contributed by atoms with Gasteiger partial charge >= 0.3 is 7.12 Å². The Labute approximate surface area is 160 Å². The van der Waals surface area contributed by atoms with E-state index in [1.807, 2.05) is 27.7 Å². The van der Waals surface area contributed by atoms with Crippen molar-refractivity contribution in [2.45, 2.75) is 51.4 Å². The summed E-state index contributed by atoms with van der Waals surface area (Å²) in [4.78, 5) is 14.5. The van der Waals surface area contributed by atoms with Crippen molar-refractivity contribution in [3.63, 3.8) is 0 Å². The number of nitrogens with zero attached hydrogens (tertiary/aromatic N) is 1. The van der Waals surface area contributed by atoms with Gasteiger partial charge in [0.2, 0.25) is 0 Å². The van der Waals surface area contributed by atoms with E-state index in [0.29, 0.717) is 29.1 Å². The fraction of sp³-hybridized carbons (Fsp3) is 0.588. The van der Waals surface area contributed by atoms with Gasteiger partial charge in [0.1, 0.15) is 0 Å². The molecule has 2 fully saturated rings. The van der Waals surface area contributed by atoms with Crippen molar-refractivity contribution in [3.05, 3.63) is 28.8 Å². The smallest absolute Gasteiger partial charge is 0.399 e. The number of carbonyl (C=O) groups is 1. The number of benzene rings is 1. The highest BCUT2D eigenvalue weighted by Crippen LogP contribution is 2.37. The maximum Gasteiger partial charge on any atom is 0.496 e. The Kier molecular flexibility index (Phi) is 5.82. The number of hydrogen-bond acceptors (Lipinski definition) is 4. The van der Waals surface area contributed by atoms with E-state index in [-0.39, 0.29) is 24.4 Å². The molecule has 2 aliphatic heterocycles. The van der Waals surface area contributed by atoms with E-state index >= 15 is 0 Å². The van der Waals surface area contributed by atoms with Crippen molar-refractivity contribution >= 4 is 42.5 Å². The summed E-state index contributed by atoms with van der Waals surface area (Å²) in [7, 11) is -0.587. The second kappa shape index (κ2) is 7.08. The van der Waals surface area contributed by atoms with Crippen LogP contribution in [0.2, 0.25) is 5.02 Å². The molecule has 1 amide bonds. The summed E-state index contributed by atoms with van der Waals surface area (Å²) in [6, 6.07) is 5.30. The molecular weight excluding hydrogens is 362 g/mol. The molecule has 0 unspecified atom stereocenters. The third kappa shape index (κ3) is 3.83. The summed E-state index contributed by atoms with van der Waals surface area (Å²) in [5.74, 6) is -0.0302. The topological polar surface area (TPSA) is 64.8 Å². The van der Waals surface area contributed by atoms with Crippen molar-refractivity contribution in [1.29, 1.82) is 0 Å². The minimum absolute atomic E-state index is 0. The number of amides is 1. The molecule has 2 heterocycles. The van der Waals surface area contributed by atoms with Crippen LogP contribution in [0.15, 0.2) is 18.2 Å². The van der Waals surface area contributed by atoms with E-state index in [1.54, 1.807) is 23.1 Å². The molecule has 1 aromatic rings. The number of rotatable bonds is 2. The highest BCUT2D eigenvalue weighted by Gasteiger charge is 2.52. The highest BCUT2D eigenvalue weighted by molar-refractivity contribution is 6.65. The summed E-state index contributed by atoms with van der Waals surface area (Å²) in [5, 5.41) is 0.531. The van der Waals surface area contributed by atoms with Gasteiger partial charge in [0.05, 0.1) is 11.2 Å². The lowest BCUT2D eigenvalue weighted by Gasteiger charge is -2.32. The first kappa shape index (κ1) is 20.5. The molecule has 0 bridgehead atoms. The maximum absolute atomic E-state index is 12.7. The first-order valence-corrected chi connectivity index (χ1v) is 8.68. The third-order valence-electron chi connectivity index (χ3n) is 5.26. The van der Waals surface area contributed by atoms with Crippen molar-refractivity contribution in [3.8, 4) is 0 Å². The molecule has 0 radical (unpaired) electrons. The average molecular weight is 387 g/mol. The van der Waals surface area contributed by atoms with Crippen LogP contribution in [-0.4, -0.2) is 48.3 Å². The van der Waals surface area contributed by atoms with Gasteiger partial charge in [0.15, 0.2) is 0 Å². The molecule has 25 heavy (non-hydrogen) atoms. The van der Waals surface area contributed by atoms with Crippen LogP contribution < -0.4 is 11.2 Å². The molecule has 5 nitrogen and oxygen atoms in total. The van der Waals surface area contributed by atoms with Gasteiger partial charge < -0.3 is 19.9 Å². The van der Waals surface area contributed by atoms with Crippen molar-refractivity contribution in [2.75, 3.05) is 13.1 Å². The van der Waals surface area contributed by atoms with E-state index in [4.69, 9.17) is 26.6 Å². The van der Waals surface area contributed by atoms with Gasteiger partial charge in [-0.05, 0) is 52.3 Å². The van der Waals surface area contributed by atoms with E-state index in [9.17, 15) is 4.79 Å². The van der Waals surface area contributed by atoms with Gasteiger partial charge in [-0.15, -0.1) is 12.4 Å². The summed E-state index contributed by atoms with van der Waals surface area (Å²) < 4.78 is 12.1. The molecule has 0 saturated carbocycles. The zero-order chi connectivity index (χ0) is 17.7. The molecule has 1 atom stereocenters. The van der Waals surface area contributed by atoms with Crippen LogP contribution >= 0.6 is 24.0 Å². The van der Waals surface area contributed by atoms with Crippen LogP contribution in [0.4, 0.5) is 0 Å². The third-order valence-corrected chi connectivity index (χ3v) is 5.61. The molecule has 2 aliphatic rings. The fourth-order valence-corrected chi connectivity index (χ4v) is 3.19. The minimum Gasteiger partial charge on any atom is -0.399 e. The second-order valence-corrected chi connectivity index (χ2v) is 8.03. The highest BCUT2D eigenvalue weighted by atomic mass is 35.5. The van der Waals surface area contributed by atoms with Crippen LogP contribution in [0.3, 0.4) is 0 Å². The van der Waals surface area contributed by atoms with Gasteiger partial charge in [0.25, 0.3) is 5.91 Å². The molecular formula is C17H25BCl2N2O3. The summed E-state index contributed by atoms with van der Waals surface area (Å²) in [6.45, 7) is 9.23. The van der Waals surface area contributed by atoms with Crippen LogP contribution in [0.25, 0.3) is 0 Å². The van der Waals surface area contributed by atoms with Crippen LogP contribution in [0, 0.1) is 0 Å². The van der Waals surface area contributed by atoms with Crippen molar-refractivity contribution in [2.24, 2.45) is 5.73 Å². The number of halogens is 2. The second-order valence-electron chi connectivity index (χ2n) is 7.62. The molecule has 138 valence electrons. The molecule has 2 saturated heterocycles. The molecule has 0 aromatic heterocycles. The minimum atomic E-state index is -0.587. The number of carbonyl (C=O) groups excluding carboxylic acids is 1. The molecule has 3 rings (SSSR count). The number of nitrogens with two attached hydrogens (primary N) is 1. The Balaban J connectivity index is 0.00000225. The SMILES string of the molecule is CC1(C)OB(c2cc(C(=O)N3CC[C@H](N)C3)ccc2Cl)OC1(C)C.Cl. The lowest BCUT2D eigenvalue weighted by molar-refractivity contribution is 0.00578. The maximum atomic E-state index is 12.7. The quantitative estimate of drug-likeness (QED) is 0.791. The van der Waals surface area contributed by atoms with Crippen LogP contribution in [-0.2, 0) is 9.31 Å². The van der Waals surface area contributed by atoms with Crippen LogP contribution in [0.1, 0.15) is 44.5 Å². The van der Waals surface area contributed by atoms with Gasteiger partial charge in [0, 0.05) is 35.2 Å². The summed E-state index contributed by atoms with van der Waals surface area (Å²) in [6.07, 6.45) is 0.837. The normalized spacial score (nSPS) is 24.3. The first-order chi connectivity index (χ1) is 11.1. The number of likely N-dealkylation sites (tertiary alicyclic amines) is 1. The van der Waals surface area contributed by atoms with E-state index in [1.165, 1.54) is 0 Å². The molecule has 1 aromatic carbocycles. The average Bonchev–Trinajstić information content (AvgIpc) is 3.00. The predicted molar refractivity (Wildman–Crippen MR) is 103 cm³/mol. The Morgan fingerprint density at radius 2 is 1.88 bits per heavy atom. The van der Waals surface area contributed by atoms with Gasteiger partial charge in [-0.3, -0.25) is 4.79 Å². The van der Waals surface area contributed by atoms with Gasteiger partial charge in [-0.2, -0.15) is 0 Å². The fourth-order valence-electron chi connectivity index (χ4n) is 2.98. The monoisotopic (exact) mass is 386 g/mol. The lowest BCUT2D eigenvalue weighted by Crippen LogP contribution is -2.41. The largest absolute Gasteiger partial charge is 0.496 e. The predicted octanol–water partition coefficient (Wildman–Crippen LogP) is 2.23. The zero-order valence-electron chi connectivity index (χ0n) is 15.0. The standard InChI is InChI=1S/C17H24BClN2O3.ClH/c1-16(2)17(3,4)24-18(23-16)13-9-11(5-6-14(13)19)15(22)21-8-7-12(20)10-21;/h5-6,9,12H,7-8,10,20H2,1-4H3;1H/t12-;/m0./s1. The van der Waals surface area contributed by atoms with Crippen molar-refractivity contribution in [1.82, 2.24) is 4.90 Å². The summed E-state index contributed by atoms with van der Waals surface area (Å²) in [5.41, 5.74) is 6.25. The zero-order valence-corrected chi connectivity index (χ0v) is 16.6. The molecule has 0 spiro atoms. The first-order valence-electron chi connectivity index (χ1n) is 8.31. The lowest BCUT2D eigenvalue weighted by atomic mass is 9.78. The van der Waals surface area contributed by atoms with Crippen molar-refractivity contribution < 1.29 is 14.1 Å². The molecule has 2 N–H and O–H groups in total. The van der Waals surface area contributed by atoms with Gasteiger partial charge in [-0.25, -0.2) is 0 Å². The van der Waals surface area contributed by atoms with E-state index in [0.717, 1.165) is 6.42 Å². The Hall–Kier alpha value is -0.785. The number of hydrogen-bond donors (Lipinski definition) is 1.